The molecule has 5 aliphatic rings. The van der Waals surface area contributed by atoms with Crippen molar-refractivity contribution in [3.63, 3.8) is 0 Å². The molecule has 4 aliphatic carbocycles. The molecule has 3 N–H and O–H groups in total. The molecule has 2 bridgehead atoms. The summed E-state index contributed by atoms with van der Waals surface area (Å²) in [7, 11) is -0.0549. The topological polar surface area (TPSA) is 46.1 Å². The quantitative estimate of drug-likeness (QED) is 0.803. The van der Waals surface area contributed by atoms with Gasteiger partial charge in [-0.1, -0.05) is 33.1 Å². The molecule has 0 unspecified atom stereocenters. The standard InChI is InChI=1S/C16H28BNO2/c1-15(2)11-8-12(15)16(3)13(9-11)19-17(20-16)14(18)7-10-5-4-6-10/h10-14H,4-9,18H2,1-3H3/p+1/t11-,12-,13+,14-,16-/m0/s1. The summed E-state index contributed by atoms with van der Waals surface area (Å²) in [6, 6.07) is 0. The highest BCUT2D eigenvalue weighted by atomic mass is 16.7. The van der Waals surface area contributed by atoms with Gasteiger partial charge in [-0.05, 0) is 42.9 Å². The number of rotatable bonds is 3. The highest BCUT2D eigenvalue weighted by Crippen LogP contribution is 2.65. The van der Waals surface area contributed by atoms with Crippen LogP contribution in [0.2, 0.25) is 0 Å². The van der Waals surface area contributed by atoms with E-state index >= 15 is 0 Å². The maximum Gasteiger partial charge on any atom is 0.521 e. The van der Waals surface area contributed by atoms with E-state index in [0.717, 1.165) is 11.8 Å². The van der Waals surface area contributed by atoms with Crippen molar-refractivity contribution in [2.45, 2.75) is 76.9 Å². The molecule has 1 saturated heterocycles. The second-order valence-electron chi connectivity index (χ2n) is 8.63. The third-order valence-corrected chi connectivity index (χ3v) is 7.21. The Morgan fingerprint density at radius 2 is 2.00 bits per heavy atom. The van der Waals surface area contributed by atoms with Crippen LogP contribution >= 0.6 is 0 Å². The second-order valence-corrected chi connectivity index (χ2v) is 8.63. The van der Waals surface area contributed by atoms with Gasteiger partial charge in [-0.15, -0.1) is 0 Å². The van der Waals surface area contributed by atoms with Crippen molar-refractivity contribution < 1.29 is 15.0 Å². The first kappa shape index (κ1) is 13.6. The van der Waals surface area contributed by atoms with Gasteiger partial charge in [0.25, 0.3) is 0 Å². The van der Waals surface area contributed by atoms with E-state index in [4.69, 9.17) is 9.31 Å². The lowest BCUT2D eigenvalue weighted by Crippen LogP contribution is -2.70. The lowest BCUT2D eigenvalue weighted by Gasteiger charge is -2.64. The molecule has 1 aliphatic heterocycles. The van der Waals surface area contributed by atoms with Crippen LogP contribution in [0.3, 0.4) is 0 Å². The van der Waals surface area contributed by atoms with E-state index in [0.29, 0.717) is 23.4 Å². The predicted octanol–water partition coefficient (Wildman–Crippen LogP) is 2.05. The molecule has 0 spiro atoms. The molecule has 0 aromatic rings. The molecule has 5 atom stereocenters. The van der Waals surface area contributed by atoms with E-state index in [9.17, 15) is 0 Å². The molecule has 4 saturated carbocycles. The summed E-state index contributed by atoms with van der Waals surface area (Å²) in [6.45, 7) is 7.13. The van der Waals surface area contributed by atoms with Crippen molar-refractivity contribution in [3.8, 4) is 0 Å². The van der Waals surface area contributed by atoms with Gasteiger partial charge < -0.3 is 15.0 Å². The fourth-order valence-corrected chi connectivity index (χ4v) is 5.37. The SMILES string of the molecule is CC1(C)[C@@H]2C[C@H]3OB([C@@H]([NH3+])CC4CCC4)O[C@@]3(C)[C@H]1C2. The molecular weight excluding hydrogens is 249 g/mol. The van der Waals surface area contributed by atoms with Crippen LogP contribution in [-0.2, 0) is 9.31 Å². The smallest absolute Gasteiger partial charge is 0.401 e. The Bertz CT molecular complexity index is 411. The van der Waals surface area contributed by atoms with E-state index in [1.165, 1.54) is 38.5 Å². The molecule has 0 radical (unpaired) electrons. The molecule has 0 amide bonds. The van der Waals surface area contributed by atoms with Crippen LogP contribution in [-0.4, -0.2) is 24.8 Å². The van der Waals surface area contributed by atoms with Crippen LogP contribution < -0.4 is 5.73 Å². The summed E-state index contributed by atoms with van der Waals surface area (Å²) in [6.07, 6.45) is 8.20. The minimum Gasteiger partial charge on any atom is -0.401 e. The molecule has 5 rings (SSSR count). The maximum atomic E-state index is 6.49. The van der Waals surface area contributed by atoms with Gasteiger partial charge in [-0.3, -0.25) is 0 Å². The first-order valence-electron chi connectivity index (χ1n) is 8.57. The van der Waals surface area contributed by atoms with Gasteiger partial charge in [0.2, 0.25) is 0 Å². The third-order valence-electron chi connectivity index (χ3n) is 7.21. The summed E-state index contributed by atoms with van der Waals surface area (Å²) in [5.74, 6) is 2.69. The summed E-state index contributed by atoms with van der Waals surface area (Å²) in [4.78, 5) is 0. The Labute approximate surface area is 123 Å². The second kappa shape index (κ2) is 4.24. The average molecular weight is 278 g/mol. The Balaban J connectivity index is 1.46. The van der Waals surface area contributed by atoms with Gasteiger partial charge in [-0.2, -0.15) is 0 Å². The summed E-state index contributed by atoms with van der Waals surface area (Å²) in [5, 5.41) is 0. The van der Waals surface area contributed by atoms with Gasteiger partial charge >= 0.3 is 7.12 Å². The fourth-order valence-electron chi connectivity index (χ4n) is 5.37. The maximum absolute atomic E-state index is 6.49. The Morgan fingerprint density at radius 1 is 1.25 bits per heavy atom. The van der Waals surface area contributed by atoms with Crippen molar-refractivity contribution in [2.24, 2.45) is 23.2 Å². The Hall–Kier alpha value is -0.0551. The monoisotopic (exact) mass is 278 g/mol. The molecular formula is C16H29BNO2+. The molecule has 112 valence electrons. The Morgan fingerprint density at radius 3 is 2.60 bits per heavy atom. The van der Waals surface area contributed by atoms with Gasteiger partial charge in [0.15, 0.2) is 0 Å². The molecule has 1 heterocycles. The highest BCUT2D eigenvalue weighted by molar-refractivity contribution is 6.46. The number of quaternary nitrogens is 1. The van der Waals surface area contributed by atoms with Crippen LogP contribution in [0.4, 0.5) is 0 Å². The van der Waals surface area contributed by atoms with Crippen LogP contribution in [0.5, 0.6) is 0 Å². The fraction of sp³-hybridized carbons (Fsp3) is 1.00. The highest BCUT2D eigenvalue weighted by Gasteiger charge is 2.68. The first-order chi connectivity index (χ1) is 9.41. The third kappa shape index (κ3) is 1.71. The Kier molecular flexibility index (Phi) is 2.88. The molecule has 0 aromatic heterocycles. The molecule has 0 aromatic carbocycles. The van der Waals surface area contributed by atoms with Gasteiger partial charge in [0.1, 0.15) is 5.94 Å². The lowest BCUT2D eigenvalue weighted by atomic mass is 9.43. The minimum atomic E-state index is -0.0571. The van der Waals surface area contributed by atoms with Crippen molar-refractivity contribution >= 4 is 7.12 Å². The van der Waals surface area contributed by atoms with E-state index in [1.807, 2.05) is 0 Å². The first-order valence-corrected chi connectivity index (χ1v) is 8.57. The zero-order chi connectivity index (χ0) is 14.1. The average Bonchev–Trinajstić information content (AvgIpc) is 2.70. The number of hydrogen-bond donors (Lipinski definition) is 1. The zero-order valence-electron chi connectivity index (χ0n) is 13.2. The summed E-state index contributed by atoms with van der Waals surface area (Å²) >= 11 is 0. The van der Waals surface area contributed by atoms with E-state index in [2.05, 4.69) is 26.5 Å². The number of hydrogen-bond acceptors (Lipinski definition) is 2. The normalized spacial score (nSPS) is 47.4. The van der Waals surface area contributed by atoms with E-state index in [1.54, 1.807) is 0 Å². The van der Waals surface area contributed by atoms with Gasteiger partial charge in [0, 0.05) is 6.42 Å². The predicted molar refractivity (Wildman–Crippen MR) is 78.7 cm³/mol. The summed E-state index contributed by atoms with van der Waals surface area (Å²) < 4.78 is 12.8. The molecule has 20 heavy (non-hydrogen) atoms. The minimum absolute atomic E-state index is 0.0549. The molecule has 4 heteroatoms. The molecule has 5 fully saturated rings. The van der Waals surface area contributed by atoms with Crippen molar-refractivity contribution in [2.75, 3.05) is 0 Å². The van der Waals surface area contributed by atoms with Crippen molar-refractivity contribution in [3.05, 3.63) is 0 Å². The van der Waals surface area contributed by atoms with E-state index < -0.39 is 0 Å². The molecule has 3 nitrogen and oxygen atoms in total. The van der Waals surface area contributed by atoms with Gasteiger partial charge in [-0.25, -0.2) is 0 Å². The van der Waals surface area contributed by atoms with E-state index in [-0.39, 0.29) is 12.7 Å². The van der Waals surface area contributed by atoms with Crippen LogP contribution in [0, 0.1) is 23.2 Å². The zero-order valence-corrected chi connectivity index (χ0v) is 13.2. The van der Waals surface area contributed by atoms with Crippen LogP contribution in [0.15, 0.2) is 0 Å². The van der Waals surface area contributed by atoms with Crippen molar-refractivity contribution in [1.82, 2.24) is 0 Å². The van der Waals surface area contributed by atoms with Crippen molar-refractivity contribution in [1.29, 1.82) is 0 Å². The van der Waals surface area contributed by atoms with Crippen LogP contribution in [0.1, 0.15) is 59.3 Å². The van der Waals surface area contributed by atoms with Crippen LogP contribution in [0.25, 0.3) is 0 Å². The lowest BCUT2D eigenvalue weighted by molar-refractivity contribution is -0.401. The largest absolute Gasteiger partial charge is 0.521 e. The van der Waals surface area contributed by atoms with Gasteiger partial charge in [0.05, 0.1) is 11.7 Å². The summed E-state index contributed by atoms with van der Waals surface area (Å²) in [5.41, 5.74) is 4.74.